The van der Waals surface area contributed by atoms with Gasteiger partial charge in [0.1, 0.15) is 11.4 Å². The normalized spacial score (nSPS) is 14.6. The topological polar surface area (TPSA) is 38.0 Å². The van der Waals surface area contributed by atoms with E-state index in [9.17, 15) is 9.50 Å². The average Bonchev–Trinajstić information content (AvgIpc) is 2.75. The summed E-state index contributed by atoms with van der Waals surface area (Å²) in [5.74, 6) is -0.334. The van der Waals surface area contributed by atoms with E-state index in [-0.39, 0.29) is 18.3 Å². The molecule has 0 saturated heterocycles. The first-order valence-corrected chi connectivity index (χ1v) is 6.90. The zero-order valence-corrected chi connectivity index (χ0v) is 12.5. The monoisotopic (exact) mass is 296 g/mol. The van der Waals surface area contributed by atoms with Crippen LogP contribution in [0.15, 0.2) is 30.5 Å². The molecule has 1 unspecified atom stereocenters. The first-order valence-electron chi connectivity index (χ1n) is 6.52. The number of rotatable bonds is 4. The number of hydrogen-bond acceptors (Lipinski definition) is 2. The molecule has 1 heterocycles. The number of halogens is 2. The second-order valence-corrected chi connectivity index (χ2v) is 5.83. The standard InChI is InChI=1S/C15H18ClFN2O/c1-10(2)19-14(12(16)9-18-19)15(3,20)8-11-6-4-5-7-13(11)17/h4-7,9-10,20H,8H2,1-3H3. The fourth-order valence-electron chi connectivity index (χ4n) is 2.33. The van der Waals surface area contributed by atoms with Crippen molar-refractivity contribution in [2.24, 2.45) is 0 Å². The molecule has 2 rings (SSSR count). The van der Waals surface area contributed by atoms with E-state index >= 15 is 0 Å². The lowest BCUT2D eigenvalue weighted by Crippen LogP contribution is -2.29. The van der Waals surface area contributed by atoms with Gasteiger partial charge in [-0.1, -0.05) is 29.8 Å². The Morgan fingerprint density at radius 1 is 1.40 bits per heavy atom. The summed E-state index contributed by atoms with van der Waals surface area (Å²) in [6.45, 7) is 5.53. The van der Waals surface area contributed by atoms with Gasteiger partial charge < -0.3 is 5.11 Å². The summed E-state index contributed by atoms with van der Waals surface area (Å²) in [6.07, 6.45) is 1.64. The molecule has 1 N–H and O–H groups in total. The molecule has 1 aromatic heterocycles. The van der Waals surface area contributed by atoms with E-state index in [1.54, 1.807) is 29.8 Å². The molecule has 0 radical (unpaired) electrons. The van der Waals surface area contributed by atoms with E-state index in [1.807, 2.05) is 13.8 Å². The predicted molar refractivity (Wildman–Crippen MR) is 77.3 cm³/mol. The second-order valence-electron chi connectivity index (χ2n) is 5.42. The molecule has 0 saturated carbocycles. The Bertz CT molecular complexity index is 608. The fourth-order valence-corrected chi connectivity index (χ4v) is 2.67. The van der Waals surface area contributed by atoms with Gasteiger partial charge in [-0.05, 0) is 32.4 Å². The molecule has 0 aliphatic carbocycles. The maximum absolute atomic E-state index is 13.8. The van der Waals surface area contributed by atoms with Gasteiger partial charge in [0.15, 0.2) is 0 Å². The van der Waals surface area contributed by atoms with Crippen molar-refractivity contribution in [1.29, 1.82) is 0 Å². The summed E-state index contributed by atoms with van der Waals surface area (Å²) in [5, 5.41) is 15.3. The summed E-state index contributed by atoms with van der Waals surface area (Å²) in [6, 6.07) is 6.47. The third-order valence-corrected chi connectivity index (χ3v) is 3.52. The van der Waals surface area contributed by atoms with Crippen LogP contribution in [-0.4, -0.2) is 14.9 Å². The molecule has 5 heteroatoms. The Labute approximate surface area is 123 Å². The van der Waals surface area contributed by atoms with Crippen molar-refractivity contribution in [3.63, 3.8) is 0 Å². The number of benzene rings is 1. The van der Waals surface area contributed by atoms with Crippen molar-refractivity contribution in [3.8, 4) is 0 Å². The lowest BCUT2D eigenvalue weighted by molar-refractivity contribution is 0.0458. The average molecular weight is 297 g/mol. The SMILES string of the molecule is CC(C)n1ncc(Cl)c1C(C)(O)Cc1ccccc1F. The summed E-state index contributed by atoms with van der Waals surface area (Å²) < 4.78 is 15.4. The maximum Gasteiger partial charge on any atom is 0.126 e. The Morgan fingerprint density at radius 3 is 2.65 bits per heavy atom. The second kappa shape index (κ2) is 5.54. The zero-order valence-electron chi connectivity index (χ0n) is 11.8. The van der Waals surface area contributed by atoms with Crippen LogP contribution >= 0.6 is 11.6 Å². The largest absolute Gasteiger partial charge is 0.383 e. The van der Waals surface area contributed by atoms with Crippen LogP contribution in [0, 0.1) is 5.82 Å². The lowest BCUT2D eigenvalue weighted by atomic mass is 9.92. The van der Waals surface area contributed by atoms with Crippen molar-refractivity contribution < 1.29 is 9.50 Å². The molecule has 0 fully saturated rings. The zero-order chi connectivity index (χ0) is 14.9. The van der Waals surface area contributed by atoms with E-state index in [4.69, 9.17) is 11.6 Å². The molecule has 108 valence electrons. The van der Waals surface area contributed by atoms with Crippen molar-refractivity contribution in [2.45, 2.75) is 38.8 Å². The molecule has 1 aromatic carbocycles. The first kappa shape index (κ1) is 15.0. The van der Waals surface area contributed by atoms with Crippen LogP contribution < -0.4 is 0 Å². The van der Waals surface area contributed by atoms with E-state index in [0.29, 0.717) is 16.3 Å². The highest BCUT2D eigenvalue weighted by Crippen LogP contribution is 2.33. The predicted octanol–water partition coefficient (Wildman–Crippen LogP) is 3.71. The van der Waals surface area contributed by atoms with Crippen molar-refractivity contribution in [3.05, 3.63) is 52.6 Å². The molecule has 0 aliphatic heterocycles. The Kier molecular flexibility index (Phi) is 4.16. The Balaban J connectivity index is 2.40. The Morgan fingerprint density at radius 2 is 2.05 bits per heavy atom. The van der Waals surface area contributed by atoms with Gasteiger partial charge in [0.2, 0.25) is 0 Å². The minimum absolute atomic E-state index is 0.0598. The van der Waals surface area contributed by atoms with Gasteiger partial charge in [0, 0.05) is 12.5 Å². The van der Waals surface area contributed by atoms with Gasteiger partial charge in [-0.25, -0.2) is 4.39 Å². The molecular formula is C15H18ClFN2O. The van der Waals surface area contributed by atoms with Crippen LogP contribution in [0.4, 0.5) is 4.39 Å². The van der Waals surface area contributed by atoms with Crippen LogP contribution in [0.25, 0.3) is 0 Å². The van der Waals surface area contributed by atoms with Gasteiger partial charge in [0.25, 0.3) is 0 Å². The minimum atomic E-state index is -1.29. The van der Waals surface area contributed by atoms with Crippen molar-refractivity contribution in [1.82, 2.24) is 9.78 Å². The van der Waals surface area contributed by atoms with E-state index in [0.717, 1.165) is 0 Å². The van der Waals surface area contributed by atoms with Crippen molar-refractivity contribution in [2.75, 3.05) is 0 Å². The fraction of sp³-hybridized carbons (Fsp3) is 0.400. The number of aliphatic hydroxyl groups is 1. The molecule has 3 nitrogen and oxygen atoms in total. The number of nitrogens with zero attached hydrogens (tertiary/aromatic N) is 2. The quantitative estimate of drug-likeness (QED) is 0.934. The highest BCUT2D eigenvalue weighted by molar-refractivity contribution is 6.31. The van der Waals surface area contributed by atoms with Crippen molar-refractivity contribution >= 4 is 11.6 Å². The van der Waals surface area contributed by atoms with Gasteiger partial charge in [-0.15, -0.1) is 0 Å². The molecular weight excluding hydrogens is 279 g/mol. The minimum Gasteiger partial charge on any atom is -0.383 e. The van der Waals surface area contributed by atoms with Crippen LogP contribution in [0.5, 0.6) is 0 Å². The summed E-state index contributed by atoms with van der Waals surface area (Å²) in [7, 11) is 0. The maximum atomic E-state index is 13.8. The van der Waals surface area contributed by atoms with Crippen LogP contribution in [0.1, 0.15) is 38.1 Å². The van der Waals surface area contributed by atoms with Gasteiger partial charge in [0.05, 0.1) is 16.9 Å². The highest BCUT2D eigenvalue weighted by Gasteiger charge is 2.32. The molecule has 0 bridgehead atoms. The van der Waals surface area contributed by atoms with E-state index < -0.39 is 5.60 Å². The summed E-state index contributed by atoms with van der Waals surface area (Å²) >= 11 is 6.14. The molecule has 0 amide bonds. The molecule has 1 atom stereocenters. The van der Waals surface area contributed by atoms with Crippen LogP contribution in [-0.2, 0) is 12.0 Å². The third-order valence-electron chi connectivity index (χ3n) is 3.24. The molecule has 0 aliphatic rings. The van der Waals surface area contributed by atoms with Gasteiger partial charge >= 0.3 is 0 Å². The van der Waals surface area contributed by atoms with Gasteiger partial charge in [-0.2, -0.15) is 5.10 Å². The first-order chi connectivity index (χ1) is 9.33. The third kappa shape index (κ3) is 2.86. The number of aromatic nitrogens is 2. The van der Waals surface area contributed by atoms with E-state index in [2.05, 4.69) is 5.10 Å². The smallest absolute Gasteiger partial charge is 0.126 e. The van der Waals surface area contributed by atoms with Gasteiger partial charge in [-0.3, -0.25) is 4.68 Å². The lowest BCUT2D eigenvalue weighted by Gasteiger charge is -2.26. The number of hydrogen-bond donors (Lipinski definition) is 1. The molecule has 20 heavy (non-hydrogen) atoms. The molecule has 0 spiro atoms. The van der Waals surface area contributed by atoms with E-state index in [1.165, 1.54) is 12.3 Å². The Hall–Kier alpha value is -1.39. The summed E-state index contributed by atoms with van der Waals surface area (Å²) in [4.78, 5) is 0. The van der Waals surface area contributed by atoms with Crippen LogP contribution in [0.3, 0.4) is 0 Å². The summed E-state index contributed by atoms with van der Waals surface area (Å²) in [5.41, 5.74) is -0.331. The van der Waals surface area contributed by atoms with Crippen LogP contribution in [0.2, 0.25) is 5.02 Å². The molecule has 2 aromatic rings. The highest BCUT2D eigenvalue weighted by atomic mass is 35.5.